The summed E-state index contributed by atoms with van der Waals surface area (Å²) in [7, 11) is 0. The molecule has 0 aliphatic heterocycles. The van der Waals surface area contributed by atoms with Crippen molar-refractivity contribution < 1.29 is 0 Å². The van der Waals surface area contributed by atoms with Crippen LogP contribution in [-0.4, -0.2) is 0 Å². The van der Waals surface area contributed by atoms with Gasteiger partial charge in [-0.25, -0.2) is 0 Å². The van der Waals surface area contributed by atoms with E-state index < -0.39 is 0 Å². The summed E-state index contributed by atoms with van der Waals surface area (Å²) in [5.41, 5.74) is 6.40. The summed E-state index contributed by atoms with van der Waals surface area (Å²) in [6.45, 7) is 0. The molecule has 0 spiro atoms. The second-order valence-electron chi connectivity index (χ2n) is 8.87. The van der Waals surface area contributed by atoms with Crippen LogP contribution in [0.15, 0.2) is 152 Å². The van der Waals surface area contributed by atoms with Crippen molar-refractivity contribution in [3.8, 4) is 0 Å². The molecular formula is C34H25ClN2. The summed E-state index contributed by atoms with van der Waals surface area (Å²) >= 11 is 6.47. The quantitative estimate of drug-likeness (QED) is 0.226. The first-order valence-electron chi connectivity index (χ1n) is 12.3. The van der Waals surface area contributed by atoms with Gasteiger partial charge in [-0.2, -0.15) is 0 Å². The Morgan fingerprint density at radius 3 is 1.41 bits per heavy atom. The molecule has 0 radical (unpaired) electrons. The number of anilines is 6. The lowest BCUT2D eigenvalue weighted by Gasteiger charge is -2.29. The van der Waals surface area contributed by atoms with E-state index in [4.69, 9.17) is 11.6 Å². The summed E-state index contributed by atoms with van der Waals surface area (Å²) < 4.78 is 0. The van der Waals surface area contributed by atoms with Gasteiger partial charge in [0.05, 0.1) is 0 Å². The fourth-order valence-electron chi connectivity index (χ4n) is 4.75. The van der Waals surface area contributed by atoms with Gasteiger partial charge in [-0.05, 0) is 83.6 Å². The van der Waals surface area contributed by atoms with Gasteiger partial charge in [-0.1, -0.05) is 90.5 Å². The number of hydrogen-bond acceptors (Lipinski definition) is 2. The third-order valence-electron chi connectivity index (χ3n) is 6.43. The van der Waals surface area contributed by atoms with Gasteiger partial charge in [0.2, 0.25) is 0 Å². The molecule has 6 rings (SSSR count). The summed E-state index contributed by atoms with van der Waals surface area (Å²) in [5, 5.41) is 3.11. The third kappa shape index (κ3) is 4.80. The fraction of sp³-hybridized carbons (Fsp3) is 0. The first kappa shape index (κ1) is 22.9. The van der Waals surface area contributed by atoms with Crippen LogP contribution < -0.4 is 9.80 Å². The molecule has 0 aliphatic carbocycles. The van der Waals surface area contributed by atoms with Crippen LogP contribution in [0.4, 0.5) is 34.1 Å². The molecule has 6 aromatic rings. The molecule has 0 saturated carbocycles. The van der Waals surface area contributed by atoms with Gasteiger partial charge in [0.25, 0.3) is 0 Å². The van der Waals surface area contributed by atoms with Crippen molar-refractivity contribution in [2.45, 2.75) is 0 Å². The minimum absolute atomic E-state index is 0.703. The number of halogens is 1. The maximum Gasteiger partial charge on any atom is 0.0482 e. The van der Waals surface area contributed by atoms with Gasteiger partial charge < -0.3 is 9.80 Å². The Hall–Kier alpha value is -4.53. The van der Waals surface area contributed by atoms with Crippen molar-refractivity contribution in [2.75, 3.05) is 9.80 Å². The average Bonchev–Trinajstić information content (AvgIpc) is 2.95. The molecule has 0 atom stereocenters. The van der Waals surface area contributed by atoms with Crippen LogP contribution in [0.25, 0.3) is 10.8 Å². The van der Waals surface area contributed by atoms with E-state index in [0.717, 1.165) is 34.1 Å². The van der Waals surface area contributed by atoms with E-state index in [1.54, 1.807) is 0 Å². The highest BCUT2D eigenvalue weighted by Gasteiger charge is 2.17. The summed E-state index contributed by atoms with van der Waals surface area (Å²) in [6.07, 6.45) is 0. The molecule has 0 N–H and O–H groups in total. The van der Waals surface area contributed by atoms with Gasteiger partial charge >= 0.3 is 0 Å². The Kier molecular flexibility index (Phi) is 6.33. The predicted molar refractivity (Wildman–Crippen MR) is 158 cm³/mol. The van der Waals surface area contributed by atoms with Crippen molar-refractivity contribution in [3.05, 3.63) is 157 Å². The molecule has 178 valence electrons. The van der Waals surface area contributed by atoms with E-state index in [0.29, 0.717) is 5.02 Å². The normalized spacial score (nSPS) is 10.8. The minimum Gasteiger partial charge on any atom is -0.310 e. The highest BCUT2D eigenvalue weighted by atomic mass is 35.5. The van der Waals surface area contributed by atoms with Crippen LogP contribution in [-0.2, 0) is 0 Å². The van der Waals surface area contributed by atoms with Gasteiger partial charge in [-0.15, -0.1) is 0 Å². The molecule has 6 aromatic carbocycles. The molecule has 37 heavy (non-hydrogen) atoms. The molecule has 3 heteroatoms. The van der Waals surface area contributed by atoms with Gasteiger partial charge in [0.15, 0.2) is 0 Å². The van der Waals surface area contributed by atoms with Gasteiger partial charge in [-0.3, -0.25) is 0 Å². The number of nitrogens with zero attached hydrogens (tertiary/aromatic N) is 2. The SMILES string of the molecule is Clc1cccc(N(c2cccc(N(c3ccccc3)c3ccccc3)c2)c2ccc3ccccc3c2)c1. The van der Waals surface area contributed by atoms with Crippen LogP contribution in [0.5, 0.6) is 0 Å². The van der Waals surface area contributed by atoms with E-state index in [9.17, 15) is 0 Å². The second kappa shape index (κ2) is 10.2. The van der Waals surface area contributed by atoms with E-state index in [2.05, 4.69) is 131 Å². The maximum atomic E-state index is 6.47. The fourth-order valence-corrected chi connectivity index (χ4v) is 4.94. The lowest BCUT2D eigenvalue weighted by molar-refractivity contribution is 1.25. The summed E-state index contributed by atoms with van der Waals surface area (Å²) in [4.78, 5) is 4.54. The molecular weight excluding hydrogens is 472 g/mol. The lowest BCUT2D eigenvalue weighted by atomic mass is 10.1. The van der Waals surface area contributed by atoms with Gasteiger partial charge in [0.1, 0.15) is 0 Å². The zero-order chi connectivity index (χ0) is 25.0. The van der Waals surface area contributed by atoms with Crippen molar-refractivity contribution in [1.82, 2.24) is 0 Å². The van der Waals surface area contributed by atoms with E-state index in [1.165, 1.54) is 10.8 Å². The molecule has 0 aromatic heterocycles. The molecule has 2 nitrogen and oxygen atoms in total. The van der Waals surface area contributed by atoms with E-state index >= 15 is 0 Å². The summed E-state index contributed by atoms with van der Waals surface area (Å²) in [6, 6.07) is 52.6. The van der Waals surface area contributed by atoms with Crippen molar-refractivity contribution >= 4 is 56.5 Å². The van der Waals surface area contributed by atoms with E-state index in [-0.39, 0.29) is 0 Å². The predicted octanol–water partition coefficient (Wildman–Crippen LogP) is 10.4. The first-order valence-corrected chi connectivity index (χ1v) is 12.7. The van der Waals surface area contributed by atoms with Crippen molar-refractivity contribution in [1.29, 1.82) is 0 Å². The molecule has 0 unspecified atom stereocenters. The Balaban J connectivity index is 1.52. The minimum atomic E-state index is 0.703. The Bertz CT molecular complexity index is 1610. The molecule has 0 fully saturated rings. The number of hydrogen-bond donors (Lipinski definition) is 0. The van der Waals surface area contributed by atoms with Crippen LogP contribution in [0.2, 0.25) is 5.02 Å². The van der Waals surface area contributed by atoms with Crippen LogP contribution in [0.3, 0.4) is 0 Å². The summed E-state index contributed by atoms with van der Waals surface area (Å²) in [5.74, 6) is 0. The number of benzene rings is 6. The third-order valence-corrected chi connectivity index (χ3v) is 6.67. The molecule has 0 heterocycles. The van der Waals surface area contributed by atoms with Crippen molar-refractivity contribution in [3.63, 3.8) is 0 Å². The molecule has 0 aliphatic rings. The molecule has 0 saturated heterocycles. The monoisotopic (exact) mass is 496 g/mol. The van der Waals surface area contributed by atoms with Crippen LogP contribution in [0.1, 0.15) is 0 Å². The maximum absolute atomic E-state index is 6.47. The number of fused-ring (bicyclic) bond motifs is 1. The van der Waals surface area contributed by atoms with Crippen LogP contribution >= 0.6 is 11.6 Å². The highest BCUT2D eigenvalue weighted by Crippen LogP contribution is 2.41. The Morgan fingerprint density at radius 2 is 0.784 bits per heavy atom. The smallest absolute Gasteiger partial charge is 0.0482 e. The van der Waals surface area contributed by atoms with E-state index in [1.807, 2.05) is 30.3 Å². The second-order valence-corrected chi connectivity index (χ2v) is 9.31. The van der Waals surface area contributed by atoms with Crippen molar-refractivity contribution in [2.24, 2.45) is 0 Å². The number of rotatable bonds is 6. The lowest BCUT2D eigenvalue weighted by Crippen LogP contribution is -2.13. The standard InChI is InChI=1S/C34H25ClN2/c35-28-13-9-18-31(24-28)37(34-22-21-26-11-7-8-12-27(26)23-34)33-20-10-19-32(25-33)36(29-14-3-1-4-15-29)30-16-5-2-6-17-30/h1-25H. The molecule has 0 bridgehead atoms. The number of para-hydroxylation sites is 2. The molecule has 0 amide bonds. The Labute approximate surface area is 222 Å². The first-order chi connectivity index (χ1) is 18.3. The zero-order valence-electron chi connectivity index (χ0n) is 20.2. The zero-order valence-corrected chi connectivity index (χ0v) is 21.0. The highest BCUT2D eigenvalue weighted by molar-refractivity contribution is 6.30. The average molecular weight is 497 g/mol. The Morgan fingerprint density at radius 1 is 0.324 bits per heavy atom. The largest absolute Gasteiger partial charge is 0.310 e. The topological polar surface area (TPSA) is 6.48 Å². The van der Waals surface area contributed by atoms with Gasteiger partial charge in [0, 0.05) is 39.1 Å². The van der Waals surface area contributed by atoms with Crippen LogP contribution in [0, 0.1) is 0 Å².